The van der Waals surface area contributed by atoms with Gasteiger partial charge in [0.15, 0.2) is 0 Å². The Morgan fingerprint density at radius 3 is 2.24 bits per heavy atom. The molecule has 1 heterocycles. The van der Waals surface area contributed by atoms with Gasteiger partial charge in [-0.3, -0.25) is 0 Å². The molecule has 0 spiro atoms. The normalized spacial score (nSPS) is 10.8. The van der Waals surface area contributed by atoms with E-state index < -0.39 is 0 Å². The highest BCUT2D eigenvalue weighted by Crippen LogP contribution is 2.36. The maximum absolute atomic E-state index is 6.04. The first-order valence-corrected chi connectivity index (χ1v) is 9.34. The van der Waals surface area contributed by atoms with Crippen LogP contribution in [0, 0.1) is 3.57 Å². The van der Waals surface area contributed by atoms with Crippen molar-refractivity contribution in [3.05, 3.63) is 87.5 Å². The Morgan fingerprint density at radius 2 is 1.48 bits per heavy atom. The molecule has 0 fully saturated rings. The Balaban J connectivity index is 1.93. The molecule has 0 atom stereocenters. The lowest BCUT2D eigenvalue weighted by atomic mass is 10.1. The van der Waals surface area contributed by atoms with Crippen LogP contribution in [-0.2, 0) is 0 Å². The molecule has 0 unspecified atom stereocenters. The van der Waals surface area contributed by atoms with Crippen molar-refractivity contribution in [3.63, 3.8) is 0 Å². The van der Waals surface area contributed by atoms with Gasteiger partial charge in [-0.05, 0) is 52.9 Å². The molecule has 0 saturated carbocycles. The Morgan fingerprint density at radius 1 is 0.800 bits per heavy atom. The van der Waals surface area contributed by atoms with E-state index in [1.807, 2.05) is 60.7 Å². The van der Waals surface area contributed by atoms with Gasteiger partial charge in [-0.25, -0.2) is 4.98 Å². The van der Waals surface area contributed by atoms with Gasteiger partial charge in [0.2, 0.25) is 0 Å². The van der Waals surface area contributed by atoms with Crippen LogP contribution in [0.3, 0.4) is 0 Å². The van der Waals surface area contributed by atoms with Crippen LogP contribution in [0.5, 0.6) is 0 Å². The van der Waals surface area contributed by atoms with Gasteiger partial charge < -0.3 is 5.32 Å². The summed E-state index contributed by atoms with van der Waals surface area (Å²) in [5.74, 6) is 0. The number of hydrogen-bond donors (Lipinski definition) is 1. The SMILES string of the molecule is Clc1ccc(-c2nc3ccccc3c(Nc3ccccc3)c2I)cc1. The van der Waals surface area contributed by atoms with E-state index in [0.29, 0.717) is 0 Å². The minimum atomic E-state index is 0.724. The van der Waals surface area contributed by atoms with E-state index in [2.05, 4.69) is 46.1 Å². The number of pyridine rings is 1. The number of para-hydroxylation sites is 2. The molecule has 1 N–H and O–H groups in total. The van der Waals surface area contributed by atoms with E-state index >= 15 is 0 Å². The van der Waals surface area contributed by atoms with E-state index in [0.717, 1.165) is 42.1 Å². The van der Waals surface area contributed by atoms with Crippen LogP contribution >= 0.6 is 34.2 Å². The van der Waals surface area contributed by atoms with Crippen molar-refractivity contribution < 1.29 is 0 Å². The van der Waals surface area contributed by atoms with E-state index in [-0.39, 0.29) is 0 Å². The summed E-state index contributed by atoms with van der Waals surface area (Å²) in [5, 5.41) is 5.39. The van der Waals surface area contributed by atoms with E-state index in [1.54, 1.807) is 0 Å². The second-order valence-corrected chi connectivity index (χ2v) is 7.18. The summed E-state index contributed by atoms with van der Waals surface area (Å²) in [4.78, 5) is 4.89. The summed E-state index contributed by atoms with van der Waals surface area (Å²) in [7, 11) is 0. The molecule has 0 aliphatic carbocycles. The van der Waals surface area contributed by atoms with Gasteiger partial charge in [-0.15, -0.1) is 0 Å². The molecule has 4 heteroatoms. The van der Waals surface area contributed by atoms with Gasteiger partial charge >= 0.3 is 0 Å². The fourth-order valence-corrected chi connectivity index (χ4v) is 3.76. The number of fused-ring (bicyclic) bond motifs is 1. The first-order valence-electron chi connectivity index (χ1n) is 7.88. The molecule has 1 aromatic heterocycles. The predicted octanol–water partition coefficient (Wildman–Crippen LogP) is 6.90. The molecule has 0 radical (unpaired) electrons. The van der Waals surface area contributed by atoms with Gasteiger partial charge in [0.05, 0.1) is 20.5 Å². The van der Waals surface area contributed by atoms with Crippen LogP contribution in [0.1, 0.15) is 0 Å². The number of hydrogen-bond acceptors (Lipinski definition) is 2. The number of aromatic nitrogens is 1. The number of nitrogens with zero attached hydrogens (tertiary/aromatic N) is 1. The lowest BCUT2D eigenvalue weighted by Crippen LogP contribution is -1.99. The van der Waals surface area contributed by atoms with Crippen LogP contribution in [0.25, 0.3) is 22.2 Å². The van der Waals surface area contributed by atoms with Crippen LogP contribution in [-0.4, -0.2) is 4.98 Å². The Kier molecular flexibility index (Phi) is 4.59. The second kappa shape index (κ2) is 7.02. The number of halogens is 2. The largest absolute Gasteiger partial charge is 0.354 e. The van der Waals surface area contributed by atoms with Crippen molar-refractivity contribution in [2.75, 3.05) is 5.32 Å². The molecule has 0 aliphatic rings. The topological polar surface area (TPSA) is 24.9 Å². The third-order valence-corrected chi connectivity index (χ3v) is 5.30. The summed E-state index contributed by atoms with van der Waals surface area (Å²) >= 11 is 8.41. The van der Waals surface area contributed by atoms with Gasteiger partial charge in [-0.2, -0.15) is 0 Å². The Hall–Kier alpha value is -2.11. The zero-order valence-corrected chi connectivity index (χ0v) is 16.1. The summed E-state index contributed by atoms with van der Waals surface area (Å²) in [5.41, 5.74) is 5.09. The average molecular weight is 457 g/mol. The van der Waals surface area contributed by atoms with Crippen molar-refractivity contribution in [1.29, 1.82) is 0 Å². The standard InChI is InChI=1S/C21H14ClIN2/c22-15-12-10-14(11-13-15)20-19(23)21(24-16-6-2-1-3-7-16)17-8-4-5-9-18(17)25-20/h1-13H,(H,24,25). The summed E-state index contributed by atoms with van der Waals surface area (Å²) in [6, 6.07) is 26.2. The maximum Gasteiger partial charge on any atom is 0.0864 e. The van der Waals surface area contributed by atoms with Crippen molar-refractivity contribution >= 4 is 56.5 Å². The van der Waals surface area contributed by atoms with Crippen molar-refractivity contribution in [1.82, 2.24) is 4.98 Å². The molecule has 3 aromatic carbocycles. The third-order valence-electron chi connectivity index (χ3n) is 3.99. The lowest BCUT2D eigenvalue weighted by molar-refractivity contribution is 1.37. The molecule has 4 rings (SSSR count). The Bertz CT molecular complexity index is 1030. The summed E-state index contributed by atoms with van der Waals surface area (Å²) in [6.07, 6.45) is 0. The molecular weight excluding hydrogens is 443 g/mol. The van der Waals surface area contributed by atoms with Crippen LogP contribution in [0.15, 0.2) is 78.9 Å². The highest BCUT2D eigenvalue weighted by molar-refractivity contribution is 14.1. The molecular formula is C21H14ClIN2. The lowest BCUT2D eigenvalue weighted by Gasteiger charge is -2.15. The zero-order chi connectivity index (χ0) is 17.2. The third kappa shape index (κ3) is 3.34. The van der Waals surface area contributed by atoms with Crippen molar-refractivity contribution in [2.45, 2.75) is 0 Å². The zero-order valence-electron chi connectivity index (χ0n) is 13.2. The van der Waals surface area contributed by atoms with E-state index in [4.69, 9.17) is 16.6 Å². The number of benzene rings is 3. The highest BCUT2D eigenvalue weighted by atomic mass is 127. The number of rotatable bonds is 3. The maximum atomic E-state index is 6.04. The first kappa shape index (κ1) is 16.4. The van der Waals surface area contributed by atoms with E-state index in [9.17, 15) is 0 Å². The summed E-state index contributed by atoms with van der Waals surface area (Å²) < 4.78 is 1.09. The van der Waals surface area contributed by atoms with Crippen LogP contribution in [0.4, 0.5) is 11.4 Å². The molecule has 122 valence electrons. The monoisotopic (exact) mass is 456 g/mol. The minimum Gasteiger partial charge on any atom is -0.354 e. The van der Waals surface area contributed by atoms with E-state index in [1.165, 1.54) is 0 Å². The quantitative estimate of drug-likeness (QED) is 0.339. The molecule has 0 bridgehead atoms. The number of nitrogens with one attached hydrogen (secondary N) is 1. The second-order valence-electron chi connectivity index (χ2n) is 5.66. The van der Waals surface area contributed by atoms with Crippen LogP contribution in [0.2, 0.25) is 5.02 Å². The highest BCUT2D eigenvalue weighted by Gasteiger charge is 2.14. The first-order chi connectivity index (χ1) is 12.2. The molecule has 0 aliphatic heterocycles. The fourth-order valence-electron chi connectivity index (χ4n) is 2.78. The summed E-state index contributed by atoms with van der Waals surface area (Å²) in [6.45, 7) is 0. The fraction of sp³-hybridized carbons (Fsp3) is 0. The van der Waals surface area contributed by atoms with Gasteiger partial charge in [0.25, 0.3) is 0 Å². The van der Waals surface area contributed by atoms with Crippen LogP contribution < -0.4 is 5.32 Å². The minimum absolute atomic E-state index is 0.724. The van der Waals surface area contributed by atoms with Crippen molar-refractivity contribution in [2.24, 2.45) is 0 Å². The van der Waals surface area contributed by atoms with Crippen molar-refractivity contribution in [3.8, 4) is 11.3 Å². The Labute approximate surface area is 165 Å². The molecule has 4 aromatic rings. The predicted molar refractivity (Wildman–Crippen MR) is 115 cm³/mol. The molecule has 25 heavy (non-hydrogen) atoms. The molecule has 0 amide bonds. The van der Waals surface area contributed by atoms with Gasteiger partial charge in [0, 0.05) is 21.7 Å². The number of anilines is 2. The molecule has 2 nitrogen and oxygen atoms in total. The molecule has 0 saturated heterocycles. The smallest absolute Gasteiger partial charge is 0.0864 e. The average Bonchev–Trinajstić information content (AvgIpc) is 2.65. The van der Waals surface area contributed by atoms with Gasteiger partial charge in [0.1, 0.15) is 0 Å². The van der Waals surface area contributed by atoms with Gasteiger partial charge in [-0.1, -0.05) is 60.1 Å².